The maximum Gasteiger partial charge on any atom is 0.105 e. The van der Waals surface area contributed by atoms with Crippen molar-refractivity contribution in [3.05, 3.63) is 53.0 Å². The van der Waals surface area contributed by atoms with Gasteiger partial charge in [0.05, 0.1) is 6.26 Å². The average Bonchev–Trinajstić information content (AvgIpc) is 2.84. The fourth-order valence-corrected chi connectivity index (χ4v) is 2.58. The van der Waals surface area contributed by atoms with Crippen molar-refractivity contribution in [3.8, 4) is 0 Å². The van der Waals surface area contributed by atoms with Crippen LogP contribution >= 0.6 is 0 Å². The molecule has 0 aliphatic rings. The molecule has 0 unspecified atom stereocenters. The Morgan fingerprint density at radius 3 is 2.62 bits per heavy atom. The van der Waals surface area contributed by atoms with E-state index in [1.54, 1.807) is 6.26 Å². The molecule has 1 N–H and O–H groups in total. The second kappa shape index (κ2) is 7.32. The Morgan fingerprint density at radius 1 is 1.19 bits per heavy atom. The summed E-state index contributed by atoms with van der Waals surface area (Å²) in [5, 5.41) is 3.45. The molecule has 2 aromatic rings. The molecule has 1 aromatic heterocycles. The topological polar surface area (TPSA) is 28.4 Å². The lowest BCUT2D eigenvalue weighted by atomic mass is 10.1. The van der Waals surface area contributed by atoms with Gasteiger partial charge in [0.2, 0.25) is 0 Å². The lowest BCUT2D eigenvalue weighted by Gasteiger charge is -2.22. The highest BCUT2D eigenvalue weighted by molar-refractivity contribution is 5.54. The zero-order valence-electron chi connectivity index (χ0n) is 13.6. The molecule has 0 aliphatic heterocycles. The summed E-state index contributed by atoms with van der Waals surface area (Å²) >= 11 is 0. The Hall–Kier alpha value is -1.74. The summed E-state index contributed by atoms with van der Waals surface area (Å²) in [6, 6.07) is 8.75. The second-order valence-corrected chi connectivity index (χ2v) is 5.66. The monoisotopic (exact) mass is 286 g/mol. The van der Waals surface area contributed by atoms with Gasteiger partial charge < -0.3 is 14.6 Å². The molecule has 0 atom stereocenters. The van der Waals surface area contributed by atoms with Crippen molar-refractivity contribution in [2.24, 2.45) is 0 Å². The maximum atomic E-state index is 5.37. The number of rotatable bonds is 7. The highest BCUT2D eigenvalue weighted by Crippen LogP contribution is 2.23. The van der Waals surface area contributed by atoms with Gasteiger partial charge in [0.25, 0.3) is 0 Å². The van der Waals surface area contributed by atoms with Crippen molar-refractivity contribution in [2.75, 3.05) is 18.5 Å². The summed E-state index contributed by atoms with van der Waals surface area (Å²) < 4.78 is 5.37. The lowest BCUT2D eigenvalue weighted by molar-refractivity contribution is 0.529. The maximum absolute atomic E-state index is 5.37. The standard InChI is InChI=1S/C18H26N2O/c1-5-9-19-12-16-6-7-18(14(2)11-16)20(4)13-17-8-10-21-15(17)3/h6-8,10-11,19H,5,9,12-13H2,1-4H3. The van der Waals surface area contributed by atoms with E-state index in [0.717, 1.165) is 25.4 Å². The van der Waals surface area contributed by atoms with Gasteiger partial charge in [0, 0.05) is 31.4 Å². The molecule has 114 valence electrons. The molecule has 0 saturated heterocycles. The summed E-state index contributed by atoms with van der Waals surface area (Å²) in [5.74, 6) is 1.000. The molecule has 3 nitrogen and oxygen atoms in total. The quantitative estimate of drug-likeness (QED) is 0.779. The van der Waals surface area contributed by atoms with Crippen LogP contribution in [0.4, 0.5) is 5.69 Å². The number of nitrogens with zero attached hydrogens (tertiary/aromatic N) is 1. The minimum atomic E-state index is 0.872. The highest BCUT2D eigenvalue weighted by atomic mass is 16.3. The Bertz CT molecular complexity index is 574. The third-order valence-corrected chi connectivity index (χ3v) is 3.80. The number of anilines is 1. The van der Waals surface area contributed by atoms with E-state index in [-0.39, 0.29) is 0 Å². The van der Waals surface area contributed by atoms with Gasteiger partial charge in [-0.1, -0.05) is 19.1 Å². The molecule has 21 heavy (non-hydrogen) atoms. The predicted molar refractivity (Wildman–Crippen MR) is 88.7 cm³/mol. The number of aryl methyl sites for hydroxylation is 2. The van der Waals surface area contributed by atoms with Crippen molar-refractivity contribution in [1.29, 1.82) is 0 Å². The minimum absolute atomic E-state index is 0.872. The molecular weight excluding hydrogens is 260 g/mol. The van der Waals surface area contributed by atoms with Crippen LogP contribution in [-0.4, -0.2) is 13.6 Å². The average molecular weight is 286 g/mol. The van der Waals surface area contributed by atoms with Crippen LogP contribution in [0, 0.1) is 13.8 Å². The molecule has 0 aliphatic carbocycles. The Kier molecular flexibility index (Phi) is 5.45. The van der Waals surface area contributed by atoms with E-state index in [1.165, 1.54) is 28.8 Å². The number of furan rings is 1. The second-order valence-electron chi connectivity index (χ2n) is 5.66. The van der Waals surface area contributed by atoms with Crippen LogP contribution in [0.2, 0.25) is 0 Å². The van der Waals surface area contributed by atoms with Crippen LogP contribution in [0.1, 0.15) is 35.8 Å². The van der Waals surface area contributed by atoms with Crippen LogP contribution in [0.25, 0.3) is 0 Å². The SMILES string of the molecule is CCCNCc1ccc(N(C)Cc2ccoc2C)c(C)c1. The van der Waals surface area contributed by atoms with E-state index in [4.69, 9.17) is 4.42 Å². The first-order valence-electron chi connectivity index (χ1n) is 7.66. The summed E-state index contributed by atoms with van der Waals surface area (Å²) in [5.41, 5.74) is 5.17. The minimum Gasteiger partial charge on any atom is -0.469 e. The van der Waals surface area contributed by atoms with Crippen molar-refractivity contribution in [2.45, 2.75) is 40.3 Å². The third-order valence-electron chi connectivity index (χ3n) is 3.80. The number of nitrogens with one attached hydrogen (secondary N) is 1. The molecule has 0 fully saturated rings. The van der Waals surface area contributed by atoms with Gasteiger partial charge in [-0.3, -0.25) is 0 Å². The Labute approximate surface area is 128 Å². The van der Waals surface area contributed by atoms with Gasteiger partial charge in [-0.2, -0.15) is 0 Å². The van der Waals surface area contributed by atoms with Gasteiger partial charge in [0.15, 0.2) is 0 Å². The lowest BCUT2D eigenvalue weighted by Crippen LogP contribution is -2.18. The van der Waals surface area contributed by atoms with E-state index in [9.17, 15) is 0 Å². The Morgan fingerprint density at radius 2 is 2.00 bits per heavy atom. The first kappa shape index (κ1) is 15.6. The molecule has 1 aromatic carbocycles. The van der Waals surface area contributed by atoms with E-state index in [1.807, 2.05) is 13.0 Å². The van der Waals surface area contributed by atoms with Crippen LogP contribution in [0.15, 0.2) is 34.9 Å². The summed E-state index contributed by atoms with van der Waals surface area (Å²) in [6.07, 6.45) is 2.93. The van der Waals surface area contributed by atoms with E-state index < -0.39 is 0 Å². The molecule has 0 amide bonds. The third kappa shape index (κ3) is 4.11. The van der Waals surface area contributed by atoms with E-state index in [2.05, 4.69) is 49.3 Å². The molecule has 0 radical (unpaired) electrons. The molecule has 2 rings (SSSR count). The first-order valence-corrected chi connectivity index (χ1v) is 7.66. The van der Waals surface area contributed by atoms with Crippen molar-refractivity contribution < 1.29 is 4.42 Å². The smallest absolute Gasteiger partial charge is 0.105 e. The van der Waals surface area contributed by atoms with Crippen molar-refractivity contribution >= 4 is 5.69 Å². The van der Waals surface area contributed by atoms with E-state index in [0.29, 0.717) is 0 Å². The molecule has 1 heterocycles. The van der Waals surface area contributed by atoms with Crippen LogP contribution in [-0.2, 0) is 13.1 Å². The number of hydrogen-bond donors (Lipinski definition) is 1. The van der Waals surface area contributed by atoms with Crippen molar-refractivity contribution in [1.82, 2.24) is 5.32 Å². The van der Waals surface area contributed by atoms with E-state index >= 15 is 0 Å². The normalized spacial score (nSPS) is 10.9. The first-order chi connectivity index (χ1) is 10.1. The largest absolute Gasteiger partial charge is 0.469 e. The number of hydrogen-bond acceptors (Lipinski definition) is 3. The van der Waals surface area contributed by atoms with Gasteiger partial charge in [-0.05, 0) is 50.1 Å². The summed E-state index contributed by atoms with van der Waals surface area (Å²) in [4.78, 5) is 2.27. The molecule has 0 saturated carbocycles. The van der Waals surface area contributed by atoms with Crippen LogP contribution in [0.5, 0.6) is 0 Å². The molecule has 0 bridgehead atoms. The highest BCUT2D eigenvalue weighted by Gasteiger charge is 2.09. The van der Waals surface area contributed by atoms with Gasteiger partial charge >= 0.3 is 0 Å². The summed E-state index contributed by atoms with van der Waals surface area (Å²) in [7, 11) is 2.13. The van der Waals surface area contributed by atoms with Gasteiger partial charge in [-0.15, -0.1) is 0 Å². The van der Waals surface area contributed by atoms with Gasteiger partial charge in [-0.25, -0.2) is 0 Å². The molecule has 3 heteroatoms. The van der Waals surface area contributed by atoms with Crippen molar-refractivity contribution in [3.63, 3.8) is 0 Å². The van der Waals surface area contributed by atoms with Crippen LogP contribution in [0.3, 0.4) is 0 Å². The zero-order chi connectivity index (χ0) is 15.2. The zero-order valence-corrected chi connectivity index (χ0v) is 13.6. The van der Waals surface area contributed by atoms with Gasteiger partial charge in [0.1, 0.15) is 5.76 Å². The number of benzene rings is 1. The van der Waals surface area contributed by atoms with Crippen LogP contribution < -0.4 is 10.2 Å². The fraction of sp³-hybridized carbons (Fsp3) is 0.444. The molecular formula is C18H26N2O. The summed E-state index contributed by atoms with van der Waals surface area (Å²) in [6.45, 7) is 9.26. The predicted octanol–water partition coefficient (Wildman–Crippen LogP) is 4.03. The molecule has 0 spiro atoms. The fourth-order valence-electron chi connectivity index (χ4n) is 2.58. The Balaban J connectivity index is 2.04.